The quantitative estimate of drug-likeness (QED) is 0.798. The summed E-state index contributed by atoms with van der Waals surface area (Å²) < 4.78 is 1.28. The summed E-state index contributed by atoms with van der Waals surface area (Å²) in [4.78, 5) is 12.0. The van der Waals surface area contributed by atoms with Crippen LogP contribution in [0.4, 0.5) is 0 Å². The number of nitrogens with zero attached hydrogens (tertiary/aromatic N) is 1. The molecule has 0 amide bonds. The van der Waals surface area contributed by atoms with Crippen molar-refractivity contribution in [1.82, 2.24) is 4.68 Å². The smallest absolute Gasteiger partial charge is 0.276 e. The van der Waals surface area contributed by atoms with E-state index >= 15 is 0 Å². The summed E-state index contributed by atoms with van der Waals surface area (Å²) in [5, 5.41) is 1.66. The first-order valence-corrected chi connectivity index (χ1v) is 5.62. The number of hydrogen-bond acceptors (Lipinski definition) is 2. The lowest BCUT2D eigenvalue weighted by molar-refractivity contribution is 0.735. The van der Waals surface area contributed by atoms with Crippen LogP contribution in [0.3, 0.4) is 0 Å². The van der Waals surface area contributed by atoms with E-state index in [1.165, 1.54) is 4.68 Å². The van der Waals surface area contributed by atoms with E-state index in [1.54, 1.807) is 0 Å². The highest BCUT2D eigenvalue weighted by Gasteiger charge is 2.05. The summed E-state index contributed by atoms with van der Waals surface area (Å²) in [6, 6.07) is 9.56. The summed E-state index contributed by atoms with van der Waals surface area (Å²) in [7, 11) is 0. The fraction of sp³-hybridized carbons (Fsp3) is 0.308. The molecule has 0 saturated carbocycles. The molecule has 0 aliphatic carbocycles. The van der Waals surface area contributed by atoms with Crippen molar-refractivity contribution in [2.75, 3.05) is 5.84 Å². The van der Waals surface area contributed by atoms with Crippen LogP contribution in [0.2, 0.25) is 0 Å². The van der Waals surface area contributed by atoms with Gasteiger partial charge in [-0.05, 0) is 30.4 Å². The van der Waals surface area contributed by atoms with Gasteiger partial charge in [0.25, 0.3) is 5.56 Å². The average Bonchev–Trinajstić information content (AvgIpc) is 2.32. The van der Waals surface area contributed by atoms with Crippen molar-refractivity contribution in [1.29, 1.82) is 0 Å². The number of aryl methyl sites for hydroxylation is 1. The SMILES string of the molecule is CCCCc1cc2ccccc2c(=O)n1N. The monoisotopic (exact) mass is 216 g/mol. The molecule has 2 aromatic rings. The zero-order valence-corrected chi connectivity index (χ0v) is 9.44. The minimum atomic E-state index is -0.107. The van der Waals surface area contributed by atoms with E-state index in [0.717, 1.165) is 30.3 Å². The number of rotatable bonds is 3. The van der Waals surface area contributed by atoms with Crippen molar-refractivity contribution in [3.63, 3.8) is 0 Å². The van der Waals surface area contributed by atoms with E-state index in [1.807, 2.05) is 30.3 Å². The molecule has 0 fully saturated rings. The van der Waals surface area contributed by atoms with Crippen LogP contribution in [0, 0.1) is 0 Å². The number of aromatic nitrogens is 1. The first-order chi connectivity index (χ1) is 7.74. The van der Waals surface area contributed by atoms with Crippen LogP contribution in [0.1, 0.15) is 25.5 Å². The lowest BCUT2D eigenvalue weighted by Gasteiger charge is -2.09. The number of benzene rings is 1. The van der Waals surface area contributed by atoms with Crippen molar-refractivity contribution < 1.29 is 0 Å². The van der Waals surface area contributed by atoms with Crippen LogP contribution in [-0.2, 0) is 6.42 Å². The normalized spacial score (nSPS) is 10.8. The Morgan fingerprint density at radius 1 is 1.31 bits per heavy atom. The maximum absolute atomic E-state index is 12.0. The fourth-order valence-electron chi connectivity index (χ4n) is 1.88. The summed E-state index contributed by atoms with van der Waals surface area (Å²) >= 11 is 0. The Hall–Kier alpha value is -1.77. The van der Waals surface area contributed by atoms with E-state index < -0.39 is 0 Å². The lowest BCUT2D eigenvalue weighted by atomic mass is 10.1. The molecule has 0 radical (unpaired) electrons. The molecular weight excluding hydrogens is 200 g/mol. The maximum atomic E-state index is 12.0. The van der Waals surface area contributed by atoms with E-state index in [2.05, 4.69) is 6.92 Å². The highest BCUT2D eigenvalue weighted by atomic mass is 16.1. The molecule has 0 aliphatic heterocycles. The number of nitrogen functional groups attached to an aromatic ring is 1. The third-order valence-electron chi connectivity index (χ3n) is 2.83. The summed E-state index contributed by atoms with van der Waals surface area (Å²) in [5.41, 5.74) is 0.801. The van der Waals surface area contributed by atoms with Crippen LogP contribution in [0.25, 0.3) is 10.8 Å². The van der Waals surface area contributed by atoms with Gasteiger partial charge in [0.15, 0.2) is 0 Å². The van der Waals surface area contributed by atoms with Gasteiger partial charge in [-0.2, -0.15) is 0 Å². The Bertz CT molecular complexity index is 557. The minimum absolute atomic E-state index is 0.107. The summed E-state index contributed by atoms with van der Waals surface area (Å²) in [6.07, 6.45) is 3.00. The second-order valence-electron chi connectivity index (χ2n) is 4.00. The van der Waals surface area contributed by atoms with Crippen molar-refractivity contribution in [3.05, 3.63) is 46.4 Å². The molecule has 2 N–H and O–H groups in total. The molecule has 0 aliphatic rings. The van der Waals surface area contributed by atoms with E-state index in [4.69, 9.17) is 5.84 Å². The highest BCUT2D eigenvalue weighted by molar-refractivity contribution is 5.81. The van der Waals surface area contributed by atoms with E-state index in [9.17, 15) is 4.79 Å². The third-order valence-corrected chi connectivity index (χ3v) is 2.83. The predicted octanol–water partition coefficient (Wildman–Crippen LogP) is 2.06. The van der Waals surface area contributed by atoms with Gasteiger partial charge >= 0.3 is 0 Å². The van der Waals surface area contributed by atoms with Crippen molar-refractivity contribution in [2.45, 2.75) is 26.2 Å². The van der Waals surface area contributed by atoms with Gasteiger partial charge in [-0.25, -0.2) is 4.68 Å². The molecule has 0 saturated heterocycles. The third kappa shape index (κ3) is 1.81. The largest absolute Gasteiger partial charge is 0.336 e. The van der Waals surface area contributed by atoms with Crippen LogP contribution in [0.15, 0.2) is 35.1 Å². The Kier molecular flexibility index (Phi) is 2.95. The molecular formula is C13H16N2O. The van der Waals surface area contributed by atoms with E-state index in [-0.39, 0.29) is 5.56 Å². The Morgan fingerprint density at radius 3 is 2.81 bits per heavy atom. The Labute approximate surface area is 94.5 Å². The number of nitrogens with two attached hydrogens (primary N) is 1. The van der Waals surface area contributed by atoms with Crippen LogP contribution in [0.5, 0.6) is 0 Å². The standard InChI is InChI=1S/C13H16N2O/c1-2-3-7-11-9-10-6-4-5-8-12(10)13(16)15(11)14/h4-6,8-9H,2-3,7,14H2,1H3. The molecule has 2 rings (SSSR count). The van der Waals surface area contributed by atoms with Gasteiger partial charge in [0.05, 0.1) is 0 Å². The second kappa shape index (κ2) is 4.39. The molecule has 16 heavy (non-hydrogen) atoms. The van der Waals surface area contributed by atoms with Gasteiger partial charge in [0.2, 0.25) is 0 Å². The zero-order chi connectivity index (χ0) is 11.5. The van der Waals surface area contributed by atoms with Gasteiger partial charge in [-0.15, -0.1) is 0 Å². The second-order valence-corrected chi connectivity index (χ2v) is 4.00. The topological polar surface area (TPSA) is 48.0 Å². The molecule has 0 atom stereocenters. The first-order valence-electron chi connectivity index (χ1n) is 5.62. The predicted molar refractivity (Wildman–Crippen MR) is 67.0 cm³/mol. The van der Waals surface area contributed by atoms with Crippen molar-refractivity contribution in [3.8, 4) is 0 Å². The maximum Gasteiger partial charge on any atom is 0.276 e. The highest BCUT2D eigenvalue weighted by Crippen LogP contribution is 2.12. The minimum Gasteiger partial charge on any atom is -0.336 e. The fourth-order valence-corrected chi connectivity index (χ4v) is 1.88. The van der Waals surface area contributed by atoms with Gasteiger partial charge in [0.1, 0.15) is 0 Å². The molecule has 3 heteroatoms. The van der Waals surface area contributed by atoms with Crippen molar-refractivity contribution >= 4 is 10.8 Å². The Morgan fingerprint density at radius 2 is 2.06 bits per heavy atom. The lowest BCUT2D eigenvalue weighted by Crippen LogP contribution is -2.30. The first kappa shape index (κ1) is 10.7. The summed E-state index contributed by atoms with van der Waals surface area (Å²) in [5.74, 6) is 5.79. The molecule has 3 nitrogen and oxygen atoms in total. The van der Waals surface area contributed by atoms with E-state index in [0.29, 0.717) is 5.39 Å². The number of pyridine rings is 1. The van der Waals surface area contributed by atoms with Crippen molar-refractivity contribution in [2.24, 2.45) is 0 Å². The van der Waals surface area contributed by atoms with Gasteiger partial charge in [-0.3, -0.25) is 4.79 Å². The van der Waals surface area contributed by atoms with Crippen LogP contribution < -0.4 is 11.4 Å². The molecule has 1 heterocycles. The molecule has 0 spiro atoms. The molecule has 1 aromatic heterocycles. The molecule has 0 unspecified atom stereocenters. The number of hydrogen-bond donors (Lipinski definition) is 1. The zero-order valence-electron chi connectivity index (χ0n) is 9.44. The van der Waals surface area contributed by atoms with Crippen LogP contribution in [-0.4, -0.2) is 4.68 Å². The van der Waals surface area contributed by atoms with Crippen LogP contribution >= 0.6 is 0 Å². The molecule has 84 valence electrons. The average molecular weight is 216 g/mol. The van der Waals surface area contributed by atoms with Gasteiger partial charge in [-0.1, -0.05) is 31.5 Å². The van der Waals surface area contributed by atoms with Gasteiger partial charge < -0.3 is 5.84 Å². The molecule has 0 bridgehead atoms. The Balaban J connectivity index is 2.60. The molecule has 1 aromatic carbocycles. The van der Waals surface area contributed by atoms with Gasteiger partial charge in [0, 0.05) is 11.1 Å². The number of unbranched alkanes of at least 4 members (excludes halogenated alkanes) is 1. The number of fused-ring (bicyclic) bond motifs is 1. The summed E-state index contributed by atoms with van der Waals surface area (Å²) in [6.45, 7) is 2.13.